The van der Waals surface area contributed by atoms with Crippen LogP contribution in [0.1, 0.15) is 109 Å². The van der Waals surface area contributed by atoms with Gasteiger partial charge in [-0.3, -0.25) is 4.99 Å². The zero-order chi connectivity index (χ0) is 26.8. The molecule has 0 atom stereocenters. The van der Waals surface area contributed by atoms with Gasteiger partial charge in [-0.2, -0.15) is 0 Å². The number of aliphatic imine (C=N–C) groups is 1. The van der Waals surface area contributed by atoms with Crippen LogP contribution in [0.2, 0.25) is 0 Å². The van der Waals surface area contributed by atoms with E-state index in [0.29, 0.717) is 17.6 Å². The van der Waals surface area contributed by atoms with Crippen LogP contribution in [0.25, 0.3) is 11.1 Å². The predicted octanol–water partition coefficient (Wildman–Crippen LogP) is 9.41. The highest BCUT2D eigenvalue weighted by Crippen LogP contribution is 2.37. The second-order valence-corrected chi connectivity index (χ2v) is 12.5. The lowest BCUT2D eigenvalue weighted by molar-refractivity contribution is 0.569. The van der Waals surface area contributed by atoms with Crippen LogP contribution in [-0.2, 0) is 10.8 Å². The van der Waals surface area contributed by atoms with Gasteiger partial charge in [0.2, 0.25) is 0 Å². The van der Waals surface area contributed by atoms with Gasteiger partial charge in [0.25, 0.3) is 0 Å². The zero-order valence-electron chi connectivity index (χ0n) is 23.9. The minimum absolute atomic E-state index is 0.0500. The van der Waals surface area contributed by atoms with E-state index >= 15 is 0 Å². The topological polar surface area (TPSA) is 21.6 Å². The normalized spacial score (nSPS) is 12.7. The third kappa shape index (κ3) is 6.30. The molecule has 0 aliphatic heterocycles. The molecule has 3 rings (SSSR count). The fraction of sp³-hybridized carbons (Fsp3) is 0.424. The van der Waals surface area contributed by atoms with Gasteiger partial charge in [-0.05, 0) is 68.2 Å². The summed E-state index contributed by atoms with van der Waals surface area (Å²) < 4.78 is 5.24. The maximum absolute atomic E-state index is 5.67. The quantitative estimate of drug-likeness (QED) is 0.255. The van der Waals surface area contributed by atoms with Crippen LogP contribution in [0.5, 0.6) is 5.75 Å². The fourth-order valence-corrected chi connectivity index (χ4v) is 4.39. The Labute approximate surface area is 220 Å². The van der Waals surface area contributed by atoms with Crippen molar-refractivity contribution >= 4 is 20.0 Å². The molecule has 0 aromatic heterocycles. The molecule has 0 heterocycles. The van der Waals surface area contributed by atoms with Gasteiger partial charge in [0.1, 0.15) is 5.75 Å². The van der Waals surface area contributed by atoms with Crippen molar-refractivity contribution in [1.82, 2.24) is 0 Å². The molecule has 2 radical (unpaired) electrons. The van der Waals surface area contributed by atoms with E-state index < -0.39 is 0 Å². The van der Waals surface area contributed by atoms with E-state index in [1.807, 2.05) is 12.3 Å². The number of hydrogen-bond acceptors (Lipinski definition) is 2. The minimum atomic E-state index is 0.0500. The summed E-state index contributed by atoms with van der Waals surface area (Å²) in [5.41, 5.74) is 9.46. The summed E-state index contributed by atoms with van der Waals surface area (Å²) in [4.78, 5) is 5.02. The zero-order valence-corrected chi connectivity index (χ0v) is 23.9. The fourth-order valence-electron chi connectivity index (χ4n) is 4.39. The molecule has 3 aromatic rings. The van der Waals surface area contributed by atoms with Gasteiger partial charge in [0.05, 0.1) is 5.69 Å². The SMILES string of the molecule is [B]Oc1ccc(-c2cc(C(C)(C)C)cc(C(C)(C)C)c2)cc1C=Nc1c(C(C)C)cccc1C(C)C. The second-order valence-electron chi connectivity index (χ2n) is 12.5. The lowest BCUT2D eigenvalue weighted by Crippen LogP contribution is -2.16. The average molecular weight is 480 g/mol. The predicted molar refractivity (Wildman–Crippen MR) is 158 cm³/mol. The van der Waals surface area contributed by atoms with E-state index in [4.69, 9.17) is 17.7 Å². The molecule has 0 fully saturated rings. The number of nitrogens with zero attached hydrogens (tertiary/aromatic N) is 1. The molecule has 3 aromatic carbocycles. The summed E-state index contributed by atoms with van der Waals surface area (Å²) in [5, 5.41) is 0. The van der Waals surface area contributed by atoms with E-state index in [-0.39, 0.29) is 10.8 Å². The molecule has 0 bridgehead atoms. The molecule has 0 amide bonds. The summed E-state index contributed by atoms with van der Waals surface area (Å²) in [6, 6.07) is 19.6. The lowest BCUT2D eigenvalue weighted by atomic mass is 9.79. The van der Waals surface area contributed by atoms with Crippen molar-refractivity contribution in [1.29, 1.82) is 0 Å². The first kappa shape index (κ1) is 27.8. The van der Waals surface area contributed by atoms with Crippen molar-refractivity contribution in [2.24, 2.45) is 4.99 Å². The van der Waals surface area contributed by atoms with Crippen LogP contribution < -0.4 is 4.65 Å². The van der Waals surface area contributed by atoms with Crippen molar-refractivity contribution in [3.05, 3.63) is 82.4 Å². The highest BCUT2D eigenvalue weighted by atomic mass is 16.4. The molecule has 0 spiro atoms. The second kappa shape index (κ2) is 10.7. The van der Waals surface area contributed by atoms with Crippen LogP contribution in [0.4, 0.5) is 5.69 Å². The van der Waals surface area contributed by atoms with E-state index in [9.17, 15) is 0 Å². The van der Waals surface area contributed by atoms with Gasteiger partial charge in [-0.1, -0.05) is 112 Å². The Hall–Kier alpha value is -2.81. The Kier molecular flexibility index (Phi) is 8.23. The lowest BCUT2D eigenvalue weighted by Gasteiger charge is -2.26. The molecule has 0 aliphatic carbocycles. The molecular formula is C33H42BNO. The molecule has 0 saturated heterocycles. The summed E-state index contributed by atoms with van der Waals surface area (Å²) in [6.07, 6.45) is 1.90. The van der Waals surface area contributed by atoms with E-state index in [2.05, 4.69) is 118 Å². The van der Waals surface area contributed by atoms with E-state index in [1.54, 1.807) is 0 Å². The maximum Gasteiger partial charge on any atom is 0.374 e. The van der Waals surface area contributed by atoms with Gasteiger partial charge in [-0.25, -0.2) is 0 Å². The van der Waals surface area contributed by atoms with Gasteiger partial charge in [0, 0.05) is 11.8 Å². The Balaban J connectivity index is 2.17. The van der Waals surface area contributed by atoms with Gasteiger partial charge >= 0.3 is 8.05 Å². The van der Waals surface area contributed by atoms with Crippen LogP contribution >= 0.6 is 0 Å². The maximum atomic E-state index is 5.67. The van der Waals surface area contributed by atoms with Crippen LogP contribution in [0.3, 0.4) is 0 Å². The Morgan fingerprint density at radius 2 is 1.25 bits per heavy atom. The molecule has 2 nitrogen and oxygen atoms in total. The summed E-state index contributed by atoms with van der Waals surface area (Å²) in [6.45, 7) is 22.4. The number of hydrogen-bond donors (Lipinski definition) is 0. The van der Waals surface area contributed by atoms with E-state index in [1.165, 1.54) is 27.8 Å². The molecule has 0 saturated carbocycles. The Bertz CT molecular complexity index is 1180. The third-order valence-electron chi connectivity index (χ3n) is 6.81. The Morgan fingerprint density at radius 1 is 0.722 bits per heavy atom. The molecule has 0 aliphatic rings. The highest BCUT2D eigenvalue weighted by Gasteiger charge is 2.21. The number of benzene rings is 3. The van der Waals surface area contributed by atoms with Gasteiger partial charge in [0.15, 0.2) is 0 Å². The van der Waals surface area contributed by atoms with Crippen molar-refractivity contribution in [3.8, 4) is 16.9 Å². The first-order valence-corrected chi connectivity index (χ1v) is 13.1. The molecule has 0 N–H and O–H groups in total. The first-order valence-electron chi connectivity index (χ1n) is 13.1. The highest BCUT2D eigenvalue weighted by molar-refractivity contribution is 6.01. The molecule has 188 valence electrons. The minimum Gasteiger partial charge on any atom is -0.567 e. The van der Waals surface area contributed by atoms with Gasteiger partial charge < -0.3 is 4.65 Å². The smallest absolute Gasteiger partial charge is 0.374 e. The third-order valence-corrected chi connectivity index (χ3v) is 6.81. The summed E-state index contributed by atoms with van der Waals surface area (Å²) in [7, 11) is 5.67. The molecule has 3 heteroatoms. The molecular weight excluding hydrogens is 437 g/mol. The number of rotatable bonds is 6. The summed E-state index contributed by atoms with van der Waals surface area (Å²) >= 11 is 0. The first-order chi connectivity index (χ1) is 16.7. The van der Waals surface area contributed by atoms with Crippen LogP contribution in [0, 0.1) is 0 Å². The monoisotopic (exact) mass is 479 g/mol. The standard InChI is InChI=1S/C33H42BNO/c1-21(2)28-12-11-13-29(22(3)4)31(28)35-20-25-16-23(14-15-30(25)36-34)24-17-26(32(5,6)7)19-27(18-24)33(8,9)10/h11-22H,1-10H3. The Morgan fingerprint density at radius 3 is 1.69 bits per heavy atom. The van der Waals surface area contributed by atoms with Crippen molar-refractivity contribution in [2.45, 2.75) is 91.9 Å². The molecule has 36 heavy (non-hydrogen) atoms. The van der Waals surface area contributed by atoms with Gasteiger partial charge in [-0.15, -0.1) is 0 Å². The van der Waals surface area contributed by atoms with Crippen LogP contribution in [-0.4, -0.2) is 14.3 Å². The summed E-state index contributed by atoms with van der Waals surface area (Å²) in [5.74, 6) is 1.37. The largest absolute Gasteiger partial charge is 0.567 e. The van der Waals surface area contributed by atoms with Crippen LogP contribution in [0.15, 0.2) is 59.6 Å². The van der Waals surface area contributed by atoms with Crippen molar-refractivity contribution < 1.29 is 4.65 Å². The van der Waals surface area contributed by atoms with E-state index in [0.717, 1.165) is 16.8 Å². The molecule has 0 unspecified atom stereocenters. The average Bonchev–Trinajstić information content (AvgIpc) is 2.80. The van der Waals surface area contributed by atoms with Crippen molar-refractivity contribution in [2.75, 3.05) is 0 Å². The van der Waals surface area contributed by atoms with Crippen molar-refractivity contribution in [3.63, 3.8) is 0 Å². The number of para-hydroxylation sites is 1.